The Labute approximate surface area is 167 Å². The van der Waals surface area contributed by atoms with Gasteiger partial charge in [-0.2, -0.15) is 5.10 Å². The number of nitrogens with one attached hydrogen (secondary N) is 1. The molecular weight excluding hydrogens is 413 g/mol. The van der Waals surface area contributed by atoms with E-state index in [1.165, 1.54) is 13.3 Å². The summed E-state index contributed by atoms with van der Waals surface area (Å²) in [4.78, 5) is 12.2. The number of anilines is 1. The average Bonchev–Trinajstić information content (AvgIpc) is 2.60. The van der Waals surface area contributed by atoms with E-state index in [4.69, 9.17) is 27.9 Å². The summed E-state index contributed by atoms with van der Waals surface area (Å²) in [5.41, 5.74) is 3.07. The van der Waals surface area contributed by atoms with E-state index in [-0.39, 0.29) is 5.69 Å². The van der Waals surface area contributed by atoms with Crippen LogP contribution in [0.4, 0.5) is 5.69 Å². The molecule has 0 atom stereocenters. The molecule has 0 spiro atoms. The Balaban J connectivity index is 2.14. The van der Waals surface area contributed by atoms with E-state index in [0.717, 1.165) is 10.6 Å². The van der Waals surface area contributed by atoms with Gasteiger partial charge in [-0.3, -0.25) is 9.10 Å². The fraction of sp³-hybridized carbons (Fsp3) is 0.176. The molecule has 0 aromatic heterocycles. The molecule has 1 amide bonds. The summed E-state index contributed by atoms with van der Waals surface area (Å²) in [7, 11) is -2.31. The Bertz CT molecular complexity index is 964. The molecule has 0 fully saturated rings. The molecule has 2 aromatic rings. The summed E-state index contributed by atoms with van der Waals surface area (Å²) < 4.78 is 30.4. The number of hydrogen-bond donors (Lipinski definition) is 1. The van der Waals surface area contributed by atoms with Crippen molar-refractivity contribution < 1.29 is 17.9 Å². The molecule has 2 aromatic carbocycles. The maximum atomic E-state index is 12.2. The number of nitrogens with zero attached hydrogens (tertiary/aromatic N) is 2. The van der Waals surface area contributed by atoms with Crippen LogP contribution in [0.1, 0.15) is 5.56 Å². The van der Waals surface area contributed by atoms with Gasteiger partial charge in [0.05, 0.1) is 30.3 Å². The Morgan fingerprint density at radius 3 is 2.59 bits per heavy atom. The normalized spacial score (nSPS) is 11.4. The molecular formula is C17H17Cl2N3O4S. The van der Waals surface area contributed by atoms with E-state index in [9.17, 15) is 13.2 Å². The standard InChI is InChI=1S/C17H17Cl2N3O4S/c1-26-16-6-4-3-5-15(16)22(27(2,24)25)11-17(23)21-20-10-12-7-8-13(18)9-14(12)19/h3-10H,11H2,1-2H3,(H,21,23)/b20-10-. The van der Waals surface area contributed by atoms with Gasteiger partial charge in [0.1, 0.15) is 12.3 Å². The first-order valence-electron chi connectivity index (χ1n) is 7.60. The Kier molecular flexibility index (Phi) is 7.06. The summed E-state index contributed by atoms with van der Waals surface area (Å²) in [6.45, 7) is -0.467. The number of benzene rings is 2. The van der Waals surface area contributed by atoms with Crippen LogP contribution in [0.25, 0.3) is 0 Å². The van der Waals surface area contributed by atoms with E-state index in [2.05, 4.69) is 10.5 Å². The van der Waals surface area contributed by atoms with Gasteiger partial charge in [-0.15, -0.1) is 0 Å². The number of hydrazone groups is 1. The zero-order valence-electron chi connectivity index (χ0n) is 14.5. The first-order valence-corrected chi connectivity index (χ1v) is 10.2. The SMILES string of the molecule is COc1ccccc1N(CC(=O)N/N=C\c1ccc(Cl)cc1Cl)S(C)(=O)=O. The van der Waals surface area contributed by atoms with Crippen LogP contribution in [0.15, 0.2) is 47.6 Å². The monoisotopic (exact) mass is 429 g/mol. The highest BCUT2D eigenvalue weighted by Crippen LogP contribution is 2.29. The minimum absolute atomic E-state index is 0.252. The van der Waals surface area contributed by atoms with Crippen molar-refractivity contribution in [3.63, 3.8) is 0 Å². The minimum atomic E-state index is -3.73. The smallest absolute Gasteiger partial charge is 0.260 e. The van der Waals surface area contributed by atoms with Gasteiger partial charge in [-0.25, -0.2) is 13.8 Å². The predicted molar refractivity (Wildman–Crippen MR) is 107 cm³/mol. The number of rotatable bonds is 7. The number of ether oxygens (including phenoxy) is 1. The molecule has 10 heteroatoms. The average molecular weight is 430 g/mol. The van der Waals surface area contributed by atoms with Crippen molar-refractivity contribution in [2.24, 2.45) is 5.10 Å². The third-order valence-electron chi connectivity index (χ3n) is 3.40. The van der Waals surface area contributed by atoms with Crippen LogP contribution in [0.5, 0.6) is 5.75 Å². The van der Waals surface area contributed by atoms with E-state index in [1.54, 1.807) is 42.5 Å². The lowest BCUT2D eigenvalue weighted by atomic mass is 10.2. The van der Waals surface area contributed by atoms with Crippen LogP contribution in [0.2, 0.25) is 10.0 Å². The number of para-hydroxylation sites is 2. The molecule has 0 bridgehead atoms. The van der Waals surface area contributed by atoms with Crippen molar-refractivity contribution in [1.29, 1.82) is 0 Å². The predicted octanol–water partition coefficient (Wildman–Crippen LogP) is 2.92. The van der Waals surface area contributed by atoms with Gasteiger partial charge in [-0.05, 0) is 24.3 Å². The molecule has 0 unspecified atom stereocenters. The van der Waals surface area contributed by atoms with E-state index in [1.807, 2.05) is 0 Å². The zero-order valence-corrected chi connectivity index (χ0v) is 16.8. The van der Waals surface area contributed by atoms with Gasteiger partial charge in [0.25, 0.3) is 5.91 Å². The van der Waals surface area contributed by atoms with Crippen molar-refractivity contribution in [2.45, 2.75) is 0 Å². The van der Waals surface area contributed by atoms with Crippen LogP contribution in [-0.4, -0.2) is 40.4 Å². The third-order valence-corrected chi connectivity index (χ3v) is 5.09. The van der Waals surface area contributed by atoms with Crippen molar-refractivity contribution in [1.82, 2.24) is 5.43 Å². The molecule has 0 aliphatic heterocycles. The van der Waals surface area contributed by atoms with Crippen molar-refractivity contribution >= 4 is 51.0 Å². The summed E-state index contributed by atoms with van der Waals surface area (Å²) in [5, 5.41) is 4.64. The molecule has 27 heavy (non-hydrogen) atoms. The highest BCUT2D eigenvalue weighted by Gasteiger charge is 2.23. The second-order valence-corrected chi connectivity index (χ2v) is 8.15. The van der Waals surface area contributed by atoms with Crippen molar-refractivity contribution in [3.05, 3.63) is 58.1 Å². The molecule has 144 valence electrons. The molecule has 0 aliphatic rings. The van der Waals surface area contributed by atoms with Gasteiger partial charge < -0.3 is 4.74 Å². The lowest BCUT2D eigenvalue weighted by molar-refractivity contribution is -0.119. The quantitative estimate of drug-likeness (QED) is 0.541. The summed E-state index contributed by atoms with van der Waals surface area (Å²) >= 11 is 11.8. The molecule has 7 nitrogen and oxygen atoms in total. The highest BCUT2D eigenvalue weighted by atomic mass is 35.5. The molecule has 1 N–H and O–H groups in total. The minimum Gasteiger partial charge on any atom is -0.495 e. The van der Waals surface area contributed by atoms with Crippen molar-refractivity contribution in [3.8, 4) is 5.75 Å². The Hall–Kier alpha value is -2.29. The summed E-state index contributed by atoms with van der Waals surface area (Å²) in [6, 6.07) is 11.3. The maximum absolute atomic E-state index is 12.2. The second kappa shape index (κ2) is 9.07. The number of carbonyl (C=O) groups is 1. The van der Waals surface area contributed by atoms with Crippen LogP contribution >= 0.6 is 23.2 Å². The molecule has 0 saturated heterocycles. The molecule has 2 rings (SSSR count). The molecule has 0 radical (unpaired) electrons. The molecule has 0 saturated carbocycles. The van der Waals surface area contributed by atoms with Crippen LogP contribution < -0.4 is 14.5 Å². The van der Waals surface area contributed by atoms with E-state index >= 15 is 0 Å². The lowest BCUT2D eigenvalue weighted by Crippen LogP contribution is -2.39. The topological polar surface area (TPSA) is 88.1 Å². The maximum Gasteiger partial charge on any atom is 0.260 e. The first kappa shape index (κ1) is 21.0. The van der Waals surface area contributed by atoms with Gasteiger partial charge in [0.15, 0.2) is 0 Å². The highest BCUT2D eigenvalue weighted by molar-refractivity contribution is 7.92. The number of sulfonamides is 1. The lowest BCUT2D eigenvalue weighted by Gasteiger charge is -2.23. The van der Waals surface area contributed by atoms with Gasteiger partial charge >= 0.3 is 0 Å². The number of carbonyl (C=O) groups excluding carboxylic acids is 1. The number of halogens is 2. The zero-order chi connectivity index (χ0) is 20.0. The number of amides is 1. The molecule has 0 aliphatic carbocycles. The van der Waals surface area contributed by atoms with Crippen LogP contribution in [-0.2, 0) is 14.8 Å². The second-order valence-electron chi connectivity index (χ2n) is 5.40. The van der Waals surface area contributed by atoms with E-state index < -0.39 is 22.5 Å². The van der Waals surface area contributed by atoms with Crippen LogP contribution in [0.3, 0.4) is 0 Å². The Morgan fingerprint density at radius 1 is 1.26 bits per heavy atom. The fourth-order valence-electron chi connectivity index (χ4n) is 2.16. The van der Waals surface area contributed by atoms with E-state index in [0.29, 0.717) is 21.4 Å². The van der Waals surface area contributed by atoms with Crippen LogP contribution in [0, 0.1) is 0 Å². The number of hydrogen-bond acceptors (Lipinski definition) is 5. The largest absolute Gasteiger partial charge is 0.495 e. The Morgan fingerprint density at radius 2 is 1.96 bits per heavy atom. The van der Waals surface area contributed by atoms with Gasteiger partial charge in [0.2, 0.25) is 10.0 Å². The van der Waals surface area contributed by atoms with Gasteiger partial charge in [-0.1, -0.05) is 41.4 Å². The number of methoxy groups -OCH3 is 1. The molecule has 0 heterocycles. The van der Waals surface area contributed by atoms with Crippen molar-refractivity contribution in [2.75, 3.05) is 24.2 Å². The first-order chi connectivity index (χ1) is 12.7. The summed E-state index contributed by atoms with van der Waals surface area (Å²) in [5.74, 6) is -0.306. The summed E-state index contributed by atoms with van der Waals surface area (Å²) in [6.07, 6.45) is 2.34. The third kappa shape index (κ3) is 5.85. The fourth-order valence-corrected chi connectivity index (χ4v) is 3.48. The van der Waals surface area contributed by atoms with Gasteiger partial charge in [0, 0.05) is 10.6 Å².